The molecular weight excluding hydrogens is 569 g/mol. The van der Waals surface area contributed by atoms with Gasteiger partial charge in [0.25, 0.3) is 17.5 Å². The number of anilines is 2. The SMILES string of the molecule is O=C(Nc1ccccn1)c1ccc(CN2C(=O)c3ccc([N+](=O)[O-])cc3NC(=O)[C@H]2Cc2ccc(Cl)c(Cl)c2)cc1. The molecule has 1 aromatic heterocycles. The van der Waals surface area contributed by atoms with Gasteiger partial charge >= 0.3 is 0 Å². The summed E-state index contributed by atoms with van der Waals surface area (Å²) in [5, 5.41) is 17.4. The molecule has 3 amide bonds. The summed E-state index contributed by atoms with van der Waals surface area (Å²) in [6, 6.07) is 19.4. The number of hydrogen-bond donors (Lipinski definition) is 2. The number of amides is 3. The van der Waals surface area contributed by atoms with Crippen molar-refractivity contribution in [3.8, 4) is 0 Å². The van der Waals surface area contributed by atoms with Crippen molar-refractivity contribution in [2.75, 3.05) is 10.6 Å². The monoisotopic (exact) mass is 589 g/mol. The zero-order chi connectivity index (χ0) is 29.1. The smallest absolute Gasteiger partial charge is 0.271 e. The van der Waals surface area contributed by atoms with Crippen LogP contribution in [-0.4, -0.2) is 38.6 Å². The minimum absolute atomic E-state index is 0.0246. The third-order valence-electron chi connectivity index (χ3n) is 6.53. The van der Waals surface area contributed by atoms with E-state index in [9.17, 15) is 24.5 Å². The Hall–Kier alpha value is -4.80. The summed E-state index contributed by atoms with van der Waals surface area (Å²) in [6.07, 6.45) is 1.67. The highest BCUT2D eigenvalue weighted by Gasteiger charge is 2.36. The van der Waals surface area contributed by atoms with Gasteiger partial charge in [0, 0.05) is 36.9 Å². The van der Waals surface area contributed by atoms with Gasteiger partial charge in [-0.05, 0) is 53.6 Å². The number of non-ortho nitro benzene ring substituents is 1. The Morgan fingerprint density at radius 3 is 2.41 bits per heavy atom. The van der Waals surface area contributed by atoms with Gasteiger partial charge in [0.1, 0.15) is 11.9 Å². The molecule has 0 bridgehead atoms. The lowest BCUT2D eigenvalue weighted by Gasteiger charge is -2.29. The van der Waals surface area contributed by atoms with Gasteiger partial charge in [-0.3, -0.25) is 24.5 Å². The molecule has 0 saturated heterocycles. The second-order valence-corrected chi connectivity index (χ2v) is 10.1. The number of hydrogen-bond acceptors (Lipinski definition) is 6. The molecule has 3 aromatic carbocycles. The number of benzene rings is 3. The lowest BCUT2D eigenvalue weighted by atomic mass is 10.0. The number of halogens is 2. The number of pyridine rings is 1. The Labute approximate surface area is 244 Å². The van der Waals surface area contributed by atoms with Crippen molar-refractivity contribution in [2.45, 2.75) is 19.0 Å². The number of rotatable bonds is 7. The van der Waals surface area contributed by atoms with E-state index in [-0.39, 0.29) is 35.8 Å². The van der Waals surface area contributed by atoms with Gasteiger partial charge in [-0.2, -0.15) is 0 Å². The maximum absolute atomic E-state index is 13.8. The van der Waals surface area contributed by atoms with Crippen molar-refractivity contribution in [1.82, 2.24) is 9.88 Å². The molecule has 41 heavy (non-hydrogen) atoms. The van der Waals surface area contributed by atoms with Gasteiger partial charge in [0.05, 0.1) is 26.2 Å². The average molecular weight is 590 g/mol. The fourth-order valence-corrected chi connectivity index (χ4v) is 4.77. The number of nitro groups is 1. The first kappa shape index (κ1) is 27.8. The van der Waals surface area contributed by atoms with E-state index in [0.717, 1.165) is 0 Å². The first-order chi connectivity index (χ1) is 19.7. The van der Waals surface area contributed by atoms with E-state index in [1.54, 1.807) is 66.9 Å². The first-order valence-electron chi connectivity index (χ1n) is 12.3. The van der Waals surface area contributed by atoms with Gasteiger partial charge in [0.15, 0.2) is 0 Å². The molecule has 4 aromatic rings. The number of aromatic nitrogens is 1. The summed E-state index contributed by atoms with van der Waals surface area (Å²) >= 11 is 12.2. The molecule has 5 rings (SSSR count). The predicted octanol–water partition coefficient (Wildman–Crippen LogP) is 5.75. The zero-order valence-corrected chi connectivity index (χ0v) is 22.7. The molecule has 0 saturated carbocycles. The first-order valence-corrected chi connectivity index (χ1v) is 13.1. The number of carbonyl (C=O) groups excluding carboxylic acids is 3. The number of nitrogens with zero attached hydrogens (tertiary/aromatic N) is 3. The molecule has 0 spiro atoms. The zero-order valence-electron chi connectivity index (χ0n) is 21.2. The summed E-state index contributed by atoms with van der Waals surface area (Å²) in [5.41, 5.74) is 1.61. The largest absolute Gasteiger partial charge is 0.323 e. The molecule has 1 atom stereocenters. The molecule has 0 fully saturated rings. The van der Waals surface area contributed by atoms with Crippen LogP contribution in [0.2, 0.25) is 10.0 Å². The highest BCUT2D eigenvalue weighted by molar-refractivity contribution is 6.42. The molecule has 2 N–H and O–H groups in total. The minimum atomic E-state index is -0.988. The van der Waals surface area contributed by atoms with E-state index < -0.39 is 22.8 Å². The van der Waals surface area contributed by atoms with Crippen LogP contribution in [0.4, 0.5) is 17.2 Å². The van der Waals surface area contributed by atoms with Crippen molar-refractivity contribution in [1.29, 1.82) is 0 Å². The lowest BCUT2D eigenvalue weighted by molar-refractivity contribution is -0.384. The lowest BCUT2D eigenvalue weighted by Crippen LogP contribution is -2.46. The van der Waals surface area contributed by atoms with E-state index in [2.05, 4.69) is 15.6 Å². The molecule has 10 nitrogen and oxygen atoms in total. The Kier molecular flexibility index (Phi) is 7.95. The van der Waals surface area contributed by atoms with Crippen LogP contribution in [0.5, 0.6) is 0 Å². The fourth-order valence-electron chi connectivity index (χ4n) is 4.45. The van der Waals surface area contributed by atoms with Crippen molar-refractivity contribution < 1.29 is 19.3 Å². The molecule has 0 unspecified atom stereocenters. The summed E-state index contributed by atoms with van der Waals surface area (Å²) in [7, 11) is 0. The van der Waals surface area contributed by atoms with E-state index in [0.29, 0.717) is 32.6 Å². The Balaban J connectivity index is 1.45. The van der Waals surface area contributed by atoms with Crippen LogP contribution in [-0.2, 0) is 17.8 Å². The number of nitrogens with one attached hydrogen (secondary N) is 2. The third-order valence-corrected chi connectivity index (χ3v) is 7.27. The summed E-state index contributed by atoms with van der Waals surface area (Å²) in [4.78, 5) is 56.1. The molecule has 206 valence electrons. The maximum Gasteiger partial charge on any atom is 0.271 e. The summed E-state index contributed by atoms with van der Waals surface area (Å²) in [5.74, 6) is -0.953. The fraction of sp³-hybridized carbons (Fsp3) is 0.103. The maximum atomic E-state index is 13.8. The topological polar surface area (TPSA) is 135 Å². The van der Waals surface area contributed by atoms with Crippen molar-refractivity contribution in [2.24, 2.45) is 0 Å². The standard InChI is InChI=1S/C29H21Cl2N5O5/c30-22-11-6-18(13-23(22)31)14-25-28(38)33-24-15-20(36(40)41)9-10-21(24)29(39)35(25)16-17-4-7-19(8-5-17)27(37)34-26-3-1-2-12-32-26/h1-13,15,25H,14,16H2,(H,33,38)(H,32,34,37)/t25-/m1/s1. The number of nitro benzene ring substituents is 1. The second kappa shape index (κ2) is 11.7. The van der Waals surface area contributed by atoms with E-state index in [1.807, 2.05) is 0 Å². The van der Waals surface area contributed by atoms with Crippen molar-refractivity contribution in [3.05, 3.63) is 127 Å². The number of carbonyl (C=O) groups is 3. The van der Waals surface area contributed by atoms with Gasteiger partial charge in [-0.15, -0.1) is 0 Å². The van der Waals surface area contributed by atoms with Crippen LogP contribution < -0.4 is 10.6 Å². The van der Waals surface area contributed by atoms with Crippen molar-refractivity contribution in [3.63, 3.8) is 0 Å². The van der Waals surface area contributed by atoms with E-state index in [1.165, 1.54) is 23.1 Å². The van der Waals surface area contributed by atoms with Crippen molar-refractivity contribution >= 4 is 58.1 Å². The van der Waals surface area contributed by atoms with Gasteiger partial charge in [-0.1, -0.05) is 47.5 Å². The van der Waals surface area contributed by atoms with E-state index in [4.69, 9.17) is 23.2 Å². The van der Waals surface area contributed by atoms with Gasteiger partial charge in [-0.25, -0.2) is 4.98 Å². The average Bonchev–Trinajstić information content (AvgIpc) is 3.05. The van der Waals surface area contributed by atoms with E-state index >= 15 is 0 Å². The van der Waals surface area contributed by atoms with Gasteiger partial charge < -0.3 is 15.5 Å². The molecule has 1 aliphatic rings. The molecule has 12 heteroatoms. The molecule has 1 aliphatic heterocycles. The van der Waals surface area contributed by atoms with Crippen LogP contribution in [0, 0.1) is 10.1 Å². The second-order valence-electron chi connectivity index (χ2n) is 9.24. The van der Waals surface area contributed by atoms with Crippen LogP contribution in [0.15, 0.2) is 85.1 Å². The molecule has 0 radical (unpaired) electrons. The van der Waals surface area contributed by atoms with Crippen LogP contribution in [0.3, 0.4) is 0 Å². The quantitative estimate of drug-likeness (QED) is 0.208. The van der Waals surface area contributed by atoms with Crippen LogP contribution in [0.25, 0.3) is 0 Å². The normalized spacial score (nSPS) is 14.6. The molecular formula is C29H21Cl2N5O5. The predicted molar refractivity (Wildman–Crippen MR) is 154 cm³/mol. The number of fused-ring (bicyclic) bond motifs is 1. The Morgan fingerprint density at radius 2 is 1.73 bits per heavy atom. The molecule has 0 aliphatic carbocycles. The van der Waals surface area contributed by atoms with Crippen LogP contribution >= 0.6 is 23.2 Å². The molecule has 2 heterocycles. The third kappa shape index (κ3) is 6.19. The minimum Gasteiger partial charge on any atom is -0.323 e. The highest BCUT2D eigenvalue weighted by Crippen LogP contribution is 2.31. The summed E-state index contributed by atoms with van der Waals surface area (Å²) in [6.45, 7) is 0.0246. The highest BCUT2D eigenvalue weighted by atomic mass is 35.5. The van der Waals surface area contributed by atoms with Gasteiger partial charge in [0.2, 0.25) is 5.91 Å². The van der Waals surface area contributed by atoms with Crippen LogP contribution in [0.1, 0.15) is 31.8 Å². The Bertz CT molecular complexity index is 1660. The Morgan fingerprint density at radius 1 is 0.976 bits per heavy atom. The summed E-state index contributed by atoms with van der Waals surface area (Å²) < 4.78 is 0.